The Morgan fingerprint density at radius 2 is 1.57 bits per heavy atom. The van der Waals surface area contributed by atoms with Crippen LogP contribution in [0, 0.1) is 0 Å². The summed E-state index contributed by atoms with van der Waals surface area (Å²) in [7, 11) is -0.259. The Hall–Kier alpha value is -0.875. The van der Waals surface area contributed by atoms with Gasteiger partial charge in [-0.25, -0.2) is 0 Å². The van der Waals surface area contributed by atoms with E-state index in [-0.39, 0.29) is 18.3 Å². The van der Waals surface area contributed by atoms with Crippen LogP contribution in [0.1, 0.15) is 27.7 Å². The third-order valence-corrected chi connectivity index (χ3v) is 6.60. The van der Waals surface area contributed by atoms with Gasteiger partial charge in [0.1, 0.15) is 0 Å². The monoisotopic (exact) mass is 316 g/mol. The Balaban J connectivity index is 1.77. The van der Waals surface area contributed by atoms with Gasteiger partial charge in [-0.05, 0) is 68.1 Å². The predicted molar refractivity (Wildman–Crippen MR) is 92.9 cm³/mol. The maximum atomic E-state index is 6.15. The van der Waals surface area contributed by atoms with E-state index in [9.17, 15) is 0 Å². The highest BCUT2D eigenvalue weighted by atomic mass is 32.1. The zero-order chi connectivity index (χ0) is 14.8. The largest absolute Gasteiger partial charge is 0.505 e. The highest BCUT2D eigenvalue weighted by Gasteiger charge is 2.52. The van der Waals surface area contributed by atoms with Gasteiger partial charge in [-0.15, -0.1) is 22.7 Å². The van der Waals surface area contributed by atoms with E-state index in [1.807, 2.05) is 0 Å². The molecule has 1 saturated heterocycles. The molecule has 3 aromatic rings. The number of hydrogen-bond acceptors (Lipinski definition) is 4. The molecule has 0 amide bonds. The summed E-state index contributed by atoms with van der Waals surface area (Å²) in [6, 6.07) is 8.91. The molecule has 2 aromatic heterocycles. The number of benzene rings is 1. The SMILES string of the molecule is CC1(C)OB(c2cc3cc4sccc4cc3s2)OC1(C)C. The fraction of sp³-hybridized carbons (Fsp3) is 0.375. The molecular weight excluding hydrogens is 299 g/mol. The minimum atomic E-state index is -0.284. The van der Waals surface area contributed by atoms with E-state index >= 15 is 0 Å². The van der Waals surface area contributed by atoms with Crippen molar-refractivity contribution in [2.75, 3.05) is 0 Å². The van der Waals surface area contributed by atoms with Gasteiger partial charge in [0.2, 0.25) is 0 Å². The summed E-state index contributed by atoms with van der Waals surface area (Å²) >= 11 is 3.55. The zero-order valence-corrected chi connectivity index (χ0v) is 14.2. The van der Waals surface area contributed by atoms with Gasteiger partial charge in [0.05, 0.1) is 11.2 Å². The van der Waals surface area contributed by atoms with Crippen LogP contribution in [0.15, 0.2) is 29.6 Å². The van der Waals surface area contributed by atoms with E-state index in [1.165, 1.54) is 20.2 Å². The Labute approximate surface area is 132 Å². The minimum absolute atomic E-state index is 0.259. The molecule has 108 valence electrons. The van der Waals surface area contributed by atoms with Crippen LogP contribution in [0.3, 0.4) is 0 Å². The predicted octanol–water partition coefficient (Wildman–Crippen LogP) is 4.42. The molecule has 0 radical (unpaired) electrons. The average Bonchev–Trinajstić information content (AvgIpc) is 3.02. The highest BCUT2D eigenvalue weighted by molar-refractivity contribution is 7.28. The molecule has 0 saturated carbocycles. The molecule has 0 unspecified atom stereocenters. The number of hydrogen-bond donors (Lipinski definition) is 0. The van der Waals surface area contributed by atoms with Crippen LogP contribution in [0.4, 0.5) is 0 Å². The summed E-state index contributed by atoms with van der Waals surface area (Å²) in [5, 5.41) is 4.73. The Morgan fingerprint density at radius 1 is 0.905 bits per heavy atom. The van der Waals surface area contributed by atoms with Gasteiger partial charge in [-0.2, -0.15) is 0 Å². The quantitative estimate of drug-likeness (QED) is 0.619. The topological polar surface area (TPSA) is 18.5 Å². The molecular formula is C16H17BO2S2. The second kappa shape index (κ2) is 4.32. The summed E-state index contributed by atoms with van der Waals surface area (Å²) in [5.74, 6) is 0. The van der Waals surface area contributed by atoms with E-state index in [0.717, 1.165) is 4.78 Å². The molecule has 4 rings (SSSR count). The maximum Gasteiger partial charge on any atom is 0.505 e. The fourth-order valence-corrected chi connectivity index (χ4v) is 4.46. The Kier molecular flexibility index (Phi) is 2.83. The van der Waals surface area contributed by atoms with Crippen LogP contribution in [-0.4, -0.2) is 18.3 Å². The molecule has 1 aliphatic rings. The van der Waals surface area contributed by atoms with Crippen LogP contribution in [0.2, 0.25) is 0 Å². The number of rotatable bonds is 1. The summed E-state index contributed by atoms with van der Waals surface area (Å²) in [4.78, 5) is 0. The van der Waals surface area contributed by atoms with Crippen molar-refractivity contribution in [3.63, 3.8) is 0 Å². The van der Waals surface area contributed by atoms with Crippen molar-refractivity contribution in [3.8, 4) is 0 Å². The van der Waals surface area contributed by atoms with Crippen molar-refractivity contribution >= 4 is 54.7 Å². The lowest BCUT2D eigenvalue weighted by molar-refractivity contribution is 0.00578. The molecule has 0 aliphatic carbocycles. The maximum absolute atomic E-state index is 6.15. The van der Waals surface area contributed by atoms with E-state index < -0.39 is 0 Å². The van der Waals surface area contributed by atoms with Crippen molar-refractivity contribution in [3.05, 3.63) is 29.6 Å². The molecule has 0 atom stereocenters. The highest BCUT2D eigenvalue weighted by Crippen LogP contribution is 2.38. The fourth-order valence-electron chi connectivity index (χ4n) is 2.59. The standard InChI is InChI=1S/C16H17BO2S2/c1-15(2)16(3,4)19-17(18-15)14-9-11-8-12-10(5-6-20-12)7-13(11)21-14/h5-9H,1-4H3. The van der Waals surface area contributed by atoms with Crippen LogP contribution >= 0.6 is 22.7 Å². The molecule has 1 aromatic carbocycles. The van der Waals surface area contributed by atoms with Gasteiger partial charge in [0.25, 0.3) is 0 Å². The molecule has 0 bridgehead atoms. The average molecular weight is 316 g/mol. The molecule has 0 spiro atoms. The van der Waals surface area contributed by atoms with Crippen LogP contribution in [0.25, 0.3) is 20.2 Å². The minimum Gasteiger partial charge on any atom is -0.399 e. The summed E-state index contributed by atoms with van der Waals surface area (Å²) in [6.07, 6.45) is 0. The van der Waals surface area contributed by atoms with Gasteiger partial charge in [0.15, 0.2) is 0 Å². The summed E-state index contributed by atoms with van der Waals surface area (Å²) < 4.78 is 16.1. The van der Waals surface area contributed by atoms with Gasteiger partial charge in [-0.1, -0.05) is 0 Å². The molecule has 5 heteroatoms. The molecule has 1 aliphatic heterocycles. The number of thiophene rings is 2. The normalized spacial score (nSPS) is 20.7. The lowest BCUT2D eigenvalue weighted by atomic mass is 9.87. The van der Waals surface area contributed by atoms with Crippen molar-refractivity contribution < 1.29 is 9.31 Å². The lowest BCUT2D eigenvalue weighted by Crippen LogP contribution is -2.41. The summed E-state index contributed by atoms with van der Waals surface area (Å²) in [6.45, 7) is 8.37. The van der Waals surface area contributed by atoms with E-state index in [2.05, 4.69) is 57.3 Å². The Bertz CT molecular complexity index is 767. The third kappa shape index (κ3) is 2.06. The first kappa shape index (κ1) is 13.8. The first-order valence-electron chi connectivity index (χ1n) is 7.12. The molecule has 2 nitrogen and oxygen atoms in total. The second-order valence-corrected chi connectivity index (χ2v) is 8.65. The second-order valence-electron chi connectivity index (χ2n) is 6.59. The lowest BCUT2D eigenvalue weighted by Gasteiger charge is -2.32. The molecule has 0 N–H and O–H groups in total. The Morgan fingerprint density at radius 3 is 2.29 bits per heavy atom. The van der Waals surface area contributed by atoms with Gasteiger partial charge in [-0.3, -0.25) is 0 Å². The third-order valence-electron chi connectivity index (χ3n) is 4.60. The van der Waals surface area contributed by atoms with Gasteiger partial charge in [0, 0.05) is 14.2 Å². The van der Waals surface area contributed by atoms with Crippen molar-refractivity contribution in [2.45, 2.75) is 38.9 Å². The molecule has 21 heavy (non-hydrogen) atoms. The van der Waals surface area contributed by atoms with E-state index in [4.69, 9.17) is 9.31 Å². The molecule has 3 heterocycles. The first-order valence-corrected chi connectivity index (χ1v) is 8.82. The van der Waals surface area contributed by atoms with Crippen LogP contribution < -0.4 is 4.78 Å². The zero-order valence-electron chi connectivity index (χ0n) is 12.6. The van der Waals surface area contributed by atoms with Crippen molar-refractivity contribution in [2.24, 2.45) is 0 Å². The van der Waals surface area contributed by atoms with E-state index in [0.29, 0.717) is 0 Å². The van der Waals surface area contributed by atoms with Crippen molar-refractivity contribution in [1.29, 1.82) is 0 Å². The summed E-state index contributed by atoms with van der Waals surface area (Å²) in [5.41, 5.74) is -0.567. The van der Waals surface area contributed by atoms with Crippen LogP contribution in [-0.2, 0) is 9.31 Å². The van der Waals surface area contributed by atoms with Gasteiger partial charge >= 0.3 is 7.12 Å². The van der Waals surface area contributed by atoms with Gasteiger partial charge < -0.3 is 9.31 Å². The van der Waals surface area contributed by atoms with Crippen molar-refractivity contribution in [1.82, 2.24) is 0 Å². The van der Waals surface area contributed by atoms with Crippen LogP contribution in [0.5, 0.6) is 0 Å². The first-order chi connectivity index (χ1) is 9.86. The number of fused-ring (bicyclic) bond motifs is 2. The smallest absolute Gasteiger partial charge is 0.399 e. The van der Waals surface area contributed by atoms with E-state index in [1.54, 1.807) is 22.7 Å². The molecule has 1 fully saturated rings.